The van der Waals surface area contributed by atoms with E-state index in [0.29, 0.717) is 29.6 Å². The SMILES string of the molecule is C=CCOC(=O)[C@H]1C(=C)NC(=O)N[C@@H]1c1ccc(OCCC(C)C)c(OC)c1. The zero-order valence-corrected chi connectivity index (χ0v) is 16.6. The normalized spacial score (nSPS) is 18.9. The molecule has 1 aliphatic heterocycles. The average Bonchev–Trinajstić information content (AvgIpc) is 2.65. The lowest BCUT2D eigenvalue weighted by Gasteiger charge is -2.33. The van der Waals surface area contributed by atoms with Gasteiger partial charge in [-0.1, -0.05) is 39.1 Å². The molecule has 1 aromatic rings. The molecule has 1 aliphatic rings. The molecule has 0 radical (unpaired) electrons. The van der Waals surface area contributed by atoms with Crippen molar-refractivity contribution >= 4 is 12.0 Å². The highest BCUT2D eigenvalue weighted by Gasteiger charge is 2.39. The molecule has 2 amide bonds. The van der Waals surface area contributed by atoms with E-state index >= 15 is 0 Å². The smallest absolute Gasteiger partial charge is 0.319 e. The number of hydrogen-bond acceptors (Lipinski definition) is 5. The molecule has 1 saturated heterocycles. The fourth-order valence-electron chi connectivity index (χ4n) is 2.87. The van der Waals surface area contributed by atoms with Crippen molar-refractivity contribution in [1.82, 2.24) is 10.6 Å². The first kappa shape index (κ1) is 21.3. The zero-order valence-electron chi connectivity index (χ0n) is 16.6. The van der Waals surface area contributed by atoms with Crippen molar-refractivity contribution in [2.45, 2.75) is 26.3 Å². The Morgan fingerprint density at radius 1 is 1.32 bits per heavy atom. The highest BCUT2D eigenvalue weighted by molar-refractivity contribution is 5.85. The Labute approximate surface area is 165 Å². The summed E-state index contributed by atoms with van der Waals surface area (Å²) in [6, 6.07) is 4.25. The molecule has 0 unspecified atom stereocenters. The number of ether oxygens (including phenoxy) is 3. The summed E-state index contributed by atoms with van der Waals surface area (Å²) in [5.74, 6) is 0.381. The Morgan fingerprint density at radius 3 is 2.71 bits per heavy atom. The highest BCUT2D eigenvalue weighted by Crippen LogP contribution is 2.36. The third kappa shape index (κ3) is 5.28. The van der Waals surface area contributed by atoms with E-state index in [4.69, 9.17) is 14.2 Å². The van der Waals surface area contributed by atoms with Crippen LogP contribution in [0.5, 0.6) is 11.5 Å². The van der Waals surface area contributed by atoms with Crippen molar-refractivity contribution in [3.05, 3.63) is 48.7 Å². The first-order valence-corrected chi connectivity index (χ1v) is 9.22. The number of urea groups is 1. The van der Waals surface area contributed by atoms with Crippen LogP contribution in [-0.4, -0.2) is 32.3 Å². The van der Waals surface area contributed by atoms with Gasteiger partial charge in [-0.15, -0.1) is 0 Å². The van der Waals surface area contributed by atoms with Gasteiger partial charge in [0, 0.05) is 5.70 Å². The molecule has 2 rings (SSSR count). The van der Waals surface area contributed by atoms with Crippen LogP contribution in [0.2, 0.25) is 0 Å². The van der Waals surface area contributed by atoms with Crippen LogP contribution in [0.15, 0.2) is 43.1 Å². The Morgan fingerprint density at radius 2 is 2.07 bits per heavy atom. The van der Waals surface area contributed by atoms with Crippen LogP contribution in [-0.2, 0) is 9.53 Å². The summed E-state index contributed by atoms with van der Waals surface area (Å²) in [6.45, 7) is 12.3. The van der Waals surface area contributed by atoms with Gasteiger partial charge in [-0.3, -0.25) is 4.79 Å². The van der Waals surface area contributed by atoms with E-state index in [1.807, 2.05) is 0 Å². The van der Waals surface area contributed by atoms with Gasteiger partial charge in [-0.25, -0.2) is 4.79 Å². The molecule has 1 heterocycles. The van der Waals surface area contributed by atoms with Gasteiger partial charge in [0.25, 0.3) is 0 Å². The van der Waals surface area contributed by atoms with Crippen molar-refractivity contribution in [2.75, 3.05) is 20.3 Å². The standard InChI is InChI=1S/C21H28N2O5/c1-6-10-28-20(24)18-14(4)22-21(25)23-19(18)15-7-8-16(17(12-15)26-5)27-11-9-13(2)3/h6-8,12-13,18-19H,1,4,9-11H2,2-3,5H3,(H2,22,23,25)/t18-,19+/m0/s1. The van der Waals surface area contributed by atoms with Crippen molar-refractivity contribution < 1.29 is 23.8 Å². The second-order valence-electron chi connectivity index (χ2n) is 6.94. The number of methoxy groups -OCH3 is 1. The van der Waals surface area contributed by atoms with Crippen LogP contribution in [0.3, 0.4) is 0 Å². The van der Waals surface area contributed by atoms with Crippen LogP contribution in [0.25, 0.3) is 0 Å². The Balaban J connectivity index is 2.27. The molecule has 1 aromatic carbocycles. The van der Waals surface area contributed by atoms with E-state index in [1.54, 1.807) is 25.3 Å². The van der Waals surface area contributed by atoms with Gasteiger partial charge in [0.15, 0.2) is 11.5 Å². The van der Waals surface area contributed by atoms with E-state index in [0.717, 1.165) is 6.42 Å². The van der Waals surface area contributed by atoms with Crippen LogP contribution in [0.4, 0.5) is 4.79 Å². The molecule has 28 heavy (non-hydrogen) atoms. The number of benzene rings is 1. The maximum absolute atomic E-state index is 12.5. The minimum Gasteiger partial charge on any atom is -0.493 e. The summed E-state index contributed by atoms with van der Waals surface area (Å²) < 4.78 is 16.4. The predicted octanol–water partition coefficient (Wildman–Crippen LogP) is 3.33. The molecular formula is C21H28N2O5. The topological polar surface area (TPSA) is 85.9 Å². The van der Waals surface area contributed by atoms with Gasteiger partial charge in [-0.2, -0.15) is 0 Å². The highest BCUT2D eigenvalue weighted by atomic mass is 16.5. The molecule has 0 saturated carbocycles. The van der Waals surface area contributed by atoms with Crippen molar-refractivity contribution in [1.29, 1.82) is 0 Å². The first-order chi connectivity index (χ1) is 13.4. The average molecular weight is 388 g/mol. The Bertz CT molecular complexity index is 744. The van der Waals surface area contributed by atoms with Gasteiger partial charge in [0.1, 0.15) is 12.5 Å². The van der Waals surface area contributed by atoms with Crippen molar-refractivity contribution in [3.8, 4) is 11.5 Å². The minimum absolute atomic E-state index is 0.0786. The van der Waals surface area contributed by atoms with Gasteiger partial charge in [0.2, 0.25) is 0 Å². The summed E-state index contributed by atoms with van der Waals surface area (Å²) >= 11 is 0. The van der Waals surface area contributed by atoms with E-state index in [9.17, 15) is 9.59 Å². The molecule has 0 bridgehead atoms. The number of hydrogen-bond donors (Lipinski definition) is 2. The quantitative estimate of drug-likeness (QED) is 0.501. The van der Waals surface area contributed by atoms with Gasteiger partial charge in [-0.05, 0) is 30.0 Å². The third-order valence-corrected chi connectivity index (χ3v) is 4.37. The minimum atomic E-state index is -0.782. The first-order valence-electron chi connectivity index (χ1n) is 9.22. The molecule has 2 N–H and O–H groups in total. The van der Waals surface area contributed by atoms with E-state index < -0.39 is 24.0 Å². The molecule has 1 fully saturated rings. The zero-order chi connectivity index (χ0) is 20.7. The molecule has 2 atom stereocenters. The number of esters is 1. The lowest BCUT2D eigenvalue weighted by atomic mass is 9.89. The lowest BCUT2D eigenvalue weighted by molar-refractivity contribution is -0.147. The maximum atomic E-state index is 12.5. The van der Waals surface area contributed by atoms with E-state index in [2.05, 4.69) is 37.6 Å². The fourth-order valence-corrected chi connectivity index (χ4v) is 2.87. The monoisotopic (exact) mass is 388 g/mol. The molecule has 7 heteroatoms. The number of rotatable bonds is 9. The van der Waals surface area contributed by atoms with Crippen molar-refractivity contribution in [3.63, 3.8) is 0 Å². The van der Waals surface area contributed by atoms with Gasteiger partial charge < -0.3 is 24.8 Å². The second-order valence-corrected chi connectivity index (χ2v) is 6.94. The van der Waals surface area contributed by atoms with Crippen LogP contribution >= 0.6 is 0 Å². The van der Waals surface area contributed by atoms with Crippen LogP contribution < -0.4 is 20.1 Å². The number of nitrogens with one attached hydrogen (secondary N) is 2. The van der Waals surface area contributed by atoms with Crippen LogP contribution in [0.1, 0.15) is 31.9 Å². The van der Waals surface area contributed by atoms with Gasteiger partial charge >= 0.3 is 12.0 Å². The summed E-state index contributed by atoms with van der Waals surface area (Å²) in [5.41, 5.74) is 0.962. The van der Waals surface area contributed by atoms with Crippen LogP contribution in [0, 0.1) is 11.8 Å². The third-order valence-electron chi connectivity index (χ3n) is 4.37. The molecule has 0 aliphatic carbocycles. The Hall–Kier alpha value is -2.96. The number of carbonyl (C=O) groups excluding carboxylic acids is 2. The maximum Gasteiger partial charge on any atom is 0.319 e. The molecular weight excluding hydrogens is 360 g/mol. The number of carbonyl (C=O) groups is 2. The molecule has 0 aromatic heterocycles. The van der Waals surface area contributed by atoms with E-state index in [1.165, 1.54) is 6.08 Å². The number of amides is 2. The lowest BCUT2D eigenvalue weighted by Crippen LogP contribution is -2.51. The summed E-state index contributed by atoms with van der Waals surface area (Å²) in [6.07, 6.45) is 2.41. The predicted molar refractivity (Wildman–Crippen MR) is 106 cm³/mol. The summed E-state index contributed by atoms with van der Waals surface area (Å²) in [7, 11) is 1.55. The summed E-state index contributed by atoms with van der Waals surface area (Å²) in [4.78, 5) is 24.5. The largest absolute Gasteiger partial charge is 0.493 e. The van der Waals surface area contributed by atoms with Crippen molar-refractivity contribution in [2.24, 2.45) is 11.8 Å². The van der Waals surface area contributed by atoms with E-state index in [-0.39, 0.29) is 12.3 Å². The molecule has 7 nitrogen and oxygen atoms in total. The molecule has 0 spiro atoms. The Kier molecular flexibility index (Phi) is 7.49. The van der Waals surface area contributed by atoms with Gasteiger partial charge in [0.05, 0.1) is 19.8 Å². The fraction of sp³-hybridized carbons (Fsp3) is 0.429. The molecule has 152 valence electrons. The second kappa shape index (κ2) is 9.82. The summed E-state index contributed by atoms with van der Waals surface area (Å²) in [5, 5.41) is 5.30.